The number of halogens is 3. The summed E-state index contributed by atoms with van der Waals surface area (Å²) in [6.45, 7) is 5.89. The van der Waals surface area contributed by atoms with E-state index in [0.717, 1.165) is 0 Å². The molecule has 3 heterocycles. The number of piperazine rings is 1. The lowest BCUT2D eigenvalue weighted by Gasteiger charge is -2.46. The Labute approximate surface area is 175 Å². The van der Waals surface area contributed by atoms with Gasteiger partial charge in [0.2, 0.25) is 0 Å². The Morgan fingerprint density at radius 1 is 1.23 bits per heavy atom. The largest absolute Gasteiger partial charge is 0.760 e. The maximum Gasteiger partial charge on any atom is 0.410 e. The molecule has 0 aliphatic carbocycles. The topological polar surface area (TPSA) is 118 Å². The molecule has 3 rings (SSSR count). The summed E-state index contributed by atoms with van der Waals surface area (Å²) in [6.07, 6.45) is -4.40. The monoisotopic (exact) mass is 454 g/mol. The van der Waals surface area contributed by atoms with Gasteiger partial charge in [0, 0.05) is 60.8 Å². The maximum atomic E-state index is 13.7. The lowest BCUT2D eigenvalue weighted by Crippen LogP contribution is -2.63. The van der Waals surface area contributed by atoms with Crippen molar-refractivity contribution in [3.05, 3.63) is 22.5 Å². The van der Waals surface area contributed by atoms with E-state index >= 15 is 0 Å². The second-order valence-corrected chi connectivity index (χ2v) is 7.89. The lowest BCUT2D eigenvalue weighted by molar-refractivity contribution is -0.165. The SMILES string of the molecule is CC1C(C(F)(F)F)N(c2cc(N3CCOCC3C)cc(=O)[nH]2)CCN1C.NS(=O)[O-]. The van der Waals surface area contributed by atoms with Gasteiger partial charge in [-0.3, -0.25) is 19.0 Å². The molecule has 0 amide bonds. The van der Waals surface area contributed by atoms with Crippen LogP contribution in [-0.4, -0.2) is 82.8 Å². The molecule has 2 fully saturated rings. The van der Waals surface area contributed by atoms with Gasteiger partial charge < -0.3 is 24.1 Å². The molecule has 4 atom stereocenters. The molecule has 2 aliphatic heterocycles. The highest BCUT2D eigenvalue weighted by atomic mass is 32.2. The van der Waals surface area contributed by atoms with Crippen molar-refractivity contribution < 1.29 is 26.7 Å². The van der Waals surface area contributed by atoms with Gasteiger partial charge in [-0.05, 0) is 20.9 Å². The molecule has 0 spiro atoms. The number of rotatable bonds is 2. The zero-order valence-electron chi connectivity index (χ0n) is 17.0. The van der Waals surface area contributed by atoms with Gasteiger partial charge in [0.25, 0.3) is 5.56 Å². The van der Waals surface area contributed by atoms with Gasteiger partial charge >= 0.3 is 6.18 Å². The Balaban J connectivity index is 0.000000735. The summed E-state index contributed by atoms with van der Waals surface area (Å²) in [5.74, 6) is 0.216. The second kappa shape index (κ2) is 10.1. The average Bonchev–Trinajstić information content (AvgIpc) is 2.62. The average molecular weight is 454 g/mol. The highest BCUT2D eigenvalue weighted by Gasteiger charge is 2.50. The minimum absolute atomic E-state index is 0.0585. The van der Waals surface area contributed by atoms with E-state index < -0.39 is 35.1 Å². The van der Waals surface area contributed by atoms with E-state index in [1.807, 2.05) is 11.8 Å². The smallest absolute Gasteiger partial charge is 0.410 e. The first-order valence-corrected chi connectivity index (χ1v) is 10.5. The Morgan fingerprint density at radius 2 is 1.87 bits per heavy atom. The molecule has 1 aromatic rings. The Kier molecular flexibility index (Phi) is 8.27. The summed E-state index contributed by atoms with van der Waals surface area (Å²) in [4.78, 5) is 19.8. The van der Waals surface area contributed by atoms with Crippen molar-refractivity contribution in [3.8, 4) is 0 Å². The van der Waals surface area contributed by atoms with E-state index in [4.69, 9.17) is 13.5 Å². The number of H-pyrrole nitrogens is 1. The van der Waals surface area contributed by atoms with Crippen LogP contribution in [0.1, 0.15) is 13.8 Å². The summed E-state index contributed by atoms with van der Waals surface area (Å²) in [5, 5.41) is 4.03. The number of nitrogens with one attached hydrogen (secondary N) is 1. The molecule has 2 saturated heterocycles. The van der Waals surface area contributed by atoms with Crippen LogP contribution in [0.25, 0.3) is 0 Å². The van der Waals surface area contributed by atoms with Gasteiger partial charge in [0.1, 0.15) is 11.9 Å². The summed E-state index contributed by atoms with van der Waals surface area (Å²) in [6, 6.07) is 0.767. The van der Waals surface area contributed by atoms with E-state index in [-0.39, 0.29) is 18.4 Å². The highest BCUT2D eigenvalue weighted by Crippen LogP contribution is 2.34. The van der Waals surface area contributed by atoms with Crippen molar-refractivity contribution in [2.45, 2.75) is 38.1 Å². The number of hydrogen-bond acceptors (Lipinski definition) is 7. The Hall–Kier alpha value is -1.67. The number of hydrogen-bond donors (Lipinski definition) is 2. The Bertz CT molecular complexity index is 789. The first-order valence-electron chi connectivity index (χ1n) is 9.37. The van der Waals surface area contributed by atoms with E-state index in [9.17, 15) is 18.0 Å². The number of ether oxygens (including phenoxy) is 1. The molecule has 4 unspecified atom stereocenters. The fourth-order valence-electron chi connectivity index (χ4n) is 3.78. The molecule has 9 nitrogen and oxygen atoms in total. The van der Waals surface area contributed by atoms with Gasteiger partial charge in [-0.15, -0.1) is 0 Å². The zero-order valence-corrected chi connectivity index (χ0v) is 17.8. The zero-order chi connectivity index (χ0) is 22.6. The summed E-state index contributed by atoms with van der Waals surface area (Å²) < 4.78 is 64.2. The number of nitrogens with zero attached hydrogens (tertiary/aromatic N) is 3. The van der Waals surface area contributed by atoms with Gasteiger partial charge in [0.15, 0.2) is 0 Å². The molecule has 30 heavy (non-hydrogen) atoms. The minimum atomic E-state index is -4.40. The predicted molar refractivity (Wildman–Crippen MR) is 107 cm³/mol. The van der Waals surface area contributed by atoms with Crippen LogP contribution in [-0.2, 0) is 16.0 Å². The quantitative estimate of drug-likeness (QED) is 0.622. The van der Waals surface area contributed by atoms with E-state index in [1.165, 1.54) is 11.0 Å². The Morgan fingerprint density at radius 3 is 2.43 bits per heavy atom. The van der Waals surface area contributed by atoms with E-state index in [2.05, 4.69) is 10.1 Å². The third kappa shape index (κ3) is 6.17. The summed E-state index contributed by atoms with van der Waals surface area (Å²) in [7, 11) is 1.69. The molecular formula is C17H27F3N5O4S-. The van der Waals surface area contributed by atoms with Crippen LogP contribution in [0, 0.1) is 0 Å². The summed E-state index contributed by atoms with van der Waals surface area (Å²) >= 11 is -2.36. The summed E-state index contributed by atoms with van der Waals surface area (Å²) in [5.41, 5.74) is 0.232. The molecule has 0 bridgehead atoms. The molecule has 0 radical (unpaired) electrons. The molecule has 13 heteroatoms. The first kappa shape index (κ1) is 24.6. The van der Waals surface area contributed by atoms with Crippen molar-refractivity contribution in [2.75, 3.05) is 49.7 Å². The van der Waals surface area contributed by atoms with Gasteiger partial charge in [-0.1, -0.05) is 0 Å². The predicted octanol–water partition coefficient (Wildman–Crippen LogP) is 0.410. The van der Waals surface area contributed by atoms with Gasteiger partial charge in [-0.2, -0.15) is 13.2 Å². The van der Waals surface area contributed by atoms with Crippen LogP contribution in [0.15, 0.2) is 16.9 Å². The molecule has 1 aromatic heterocycles. The van der Waals surface area contributed by atoms with Crippen LogP contribution in [0.4, 0.5) is 24.7 Å². The van der Waals surface area contributed by atoms with Crippen LogP contribution in [0.5, 0.6) is 0 Å². The van der Waals surface area contributed by atoms with Crippen LogP contribution in [0.3, 0.4) is 0 Å². The second-order valence-electron chi connectivity index (χ2n) is 7.37. The molecule has 3 N–H and O–H groups in total. The highest BCUT2D eigenvalue weighted by molar-refractivity contribution is 7.76. The standard InChI is InChI=1S/C17H25F3N4O2.H3NO2S/c1-11-10-26-7-6-23(11)13-8-14(21-15(25)9-13)24-5-4-22(3)12(2)16(24)17(18,19)20;1-4(2)3/h8-9,11-12,16H,4-7,10H2,1-3H3,(H,21,25);1H2,(H,2,3)/p-1. The third-order valence-electron chi connectivity index (χ3n) is 5.34. The lowest BCUT2D eigenvalue weighted by atomic mass is 10.0. The van der Waals surface area contributed by atoms with E-state index in [0.29, 0.717) is 32.0 Å². The number of anilines is 2. The number of aromatic nitrogens is 1. The number of pyridine rings is 1. The van der Waals surface area contributed by atoms with Crippen molar-refractivity contribution in [3.63, 3.8) is 0 Å². The fourth-order valence-corrected chi connectivity index (χ4v) is 3.78. The number of likely N-dealkylation sites (N-methyl/N-ethyl adjacent to an activating group) is 1. The third-order valence-corrected chi connectivity index (χ3v) is 5.34. The van der Waals surface area contributed by atoms with Crippen LogP contribution < -0.4 is 20.5 Å². The molecule has 0 aromatic carbocycles. The number of alkyl halides is 3. The van der Waals surface area contributed by atoms with Crippen LogP contribution in [0.2, 0.25) is 0 Å². The number of aromatic amines is 1. The van der Waals surface area contributed by atoms with Crippen LogP contribution >= 0.6 is 0 Å². The van der Waals surface area contributed by atoms with Crippen molar-refractivity contribution in [2.24, 2.45) is 5.14 Å². The fraction of sp³-hybridized carbons (Fsp3) is 0.706. The molecular weight excluding hydrogens is 427 g/mol. The maximum absolute atomic E-state index is 13.7. The van der Waals surface area contributed by atoms with Crippen molar-refractivity contribution in [1.82, 2.24) is 9.88 Å². The van der Waals surface area contributed by atoms with E-state index in [1.54, 1.807) is 24.9 Å². The molecule has 172 valence electrons. The first-order chi connectivity index (χ1) is 13.9. The number of morpholine rings is 1. The molecule has 2 aliphatic rings. The van der Waals surface area contributed by atoms with Gasteiger partial charge in [0.05, 0.1) is 13.2 Å². The van der Waals surface area contributed by atoms with Gasteiger partial charge in [-0.25, -0.2) is 0 Å². The normalized spacial score (nSPS) is 26.7. The minimum Gasteiger partial charge on any atom is -0.760 e. The molecule has 0 saturated carbocycles. The van der Waals surface area contributed by atoms with Crippen molar-refractivity contribution >= 4 is 22.8 Å². The number of nitrogens with two attached hydrogens (primary N) is 1. The van der Waals surface area contributed by atoms with Crippen molar-refractivity contribution in [1.29, 1.82) is 0 Å².